The second-order valence-electron chi connectivity index (χ2n) is 6.28. The van der Waals surface area contributed by atoms with E-state index in [0.717, 1.165) is 20.6 Å². The zero-order valence-corrected chi connectivity index (χ0v) is 17.6. The van der Waals surface area contributed by atoms with Crippen molar-refractivity contribution in [2.75, 3.05) is 38.0 Å². The number of sulfonamides is 1. The van der Waals surface area contributed by atoms with Gasteiger partial charge in [-0.25, -0.2) is 8.42 Å². The summed E-state index contributed by atoms with van der Waals surface area (Å²) >= 11 is 4.68. The van der Waals surface area contributed by atoms with Crippen LogP contribution >= 0.6 is 27.3 Å². The molecule has 0 atom stereocenters. The number of amides is 1. The van der Waals surface area contributed by atoms with E-state index in [2.05, 4.69) is 21.2 Å². The maximum absolute atomic E-state index is 12.5. The molecule has 9 heteroatoms. The second-order valence-corrected chi connectivity index (χ2v) is 10.2. The number of quaternary nitrogens is 1. The fraction of sp³-hybridized carbons (Fsp3) is 0.353. The highest BCUT2D eigenvalue weighted by molar-refractivity contribution is 9.10. The molecule has 26 heavy (non-hydrogen) atoms. The third-order valence-electron chi connectivity index (χ3n) is 4.37. The summed E-state index contributed by atoms with van der Waals surface area (Å²) in [6.45, 7) is 4.41. The van der Waals surface area contributed by atoms with Crippen LogP contribution in [0.4, 0.5) is 5.69 Å². The monoisotopic (exact) mass is 458 g/mol. The lowest BCUT2D eigenvalue weighted by atomic mass is 10.2. The summed E-state index contributed by atoms with van der Waals surface area (Å²) in [7, 11) is -3.39. The first-order chi connectivity index (χ1) is 12.4. The number of nitrogens with one attached hydrogen (secondary N) is 2. The summed E-state index contributed by atoms with van der Waals surface area (Å²) < 4.78 is 27.9. The van der Waals surface area contributed by atoms with Gasteiger partial charge >= 0.3 is 0 Å². The van der Waals surface area contributed by atoms with Crippen molar-refractivity contribution in [1.82, 2.24) is 4.31 Å². The summed E-state index contributed by atoms with van der Waals surface area (Å²) in [5, 5.41) is 4.68. The van der Waals surface area contributed by atoms with E-state index in [1.54, 1.807) is 17.5 Å². The highest BCUT2D eigenvalue weighted by Gasteiger charge is 2.31. The Hall–Kier alpha value is -1.26. The van der Waals surface area contributed by atoms with Crippen LogP contribution in [0.3, 0.4) is 0 Å². The minimum absolute atomic E-state index is 0.0590. The van der Waals surface area contributed by atoms with E-state index in [4.69, 9.17) is 0 Å². The number of halogens is 1. The average molecular weight is 459 g/mol. The molecule has 1 amide bonds. The van der Waals surface area contributed by atoms with Crippen molar-refractivity contribution in [2.24, 2.45) is 0 Å². The molecule has 1 aromatic heterocycles. The van der Waals surface area contributed by atoms with Crippen molar-refractivity contribution in [3.63, 3.8) is 0 Å². The van der Waals surface area contributed by atoms with Crippen LogP contribution in [0.1, 0.15) is 5.56 Å². The van der Waals surface area contributed by atoms with Gasteiger partial charge in [-0.1, -0.05) is 22.0 Å². The van der Waals surface area contributed by atoms with Crippen LogP contribution in [0, 0.1) is 6.92 Å². The third kappa shape index (κ3) is 4.52. The van der Waals surface area contributed by atoms with Crippen molar-refractivity contribution in [1.29, 1.82) is 0 Å². The van der Waals surface area contributed by atoms with Crippen molar-refractivity contribution in [3.8, 4) is 0 Å². The lowest BCUT2D eigenvalue weighted by Crippen LogP contribution is -3.15. The molecule has 0 spiro atoms. The molecule has 2 heterocycles. The Morgan fingerprint density at radius 2 is 2.04 bits per heavy atom. The van der Waals surface area contributed by atoms with Crippen molar-refractivity contribution >= 4 is 48.9 Å². The smallest absolute Gasteiger partial charge is 0.279 e. The zero-order chi connectivity index (χ0) is 18.7. The number of carbonyl (C=O) groups is 1. The van der Waals surface area contributed by atoms with Gasteiger partial charge in [0.05, 0.1) is 26.2 Å². The van der Waals surface area contributed by atoms with Crippen LogP contribution in [0.5, 0.6) is 0 Å². The van der Waals surface area contributed by atoms with Crippen molar-refractivity contribution < 1.29 is 18.1 Å². The molecule has 2 aromatic rings. The SMILES string of the molecule is Cc1cc(NC(=O)C[NH+]2CCN(S(=O)(=O)c3cccs3)CC2)ccc1Br. The minimum Gasteiger partial charge on any atom is -0.325 e. The number of hydrogen-bond donors (Lipinski definition) is 2. The number of aryl methyl sites for hydroxylation is 1. The van der Waals surface area contributed by atoms with Crippen LogP contribution < -0.4 is 10.2 Å². The number of hydrogen-bond acceptors (Lipinski definition) is 4. The van der Waals surface area contributed by atoms with Crippen LogP contribution in [0.2, 0.25) is 0 Å². The van der Waals surface area contributed by atoms with Gasteiger partial charge in [-0.15, -0.1) is 11.3 Å². The summed E-state index contributed by atoms with van der Waals surface area (Å²) in [5.74, 6) is -0.0590. The molecular weight excluding hydrogens is 438 g/mol. The summed E-state index contributed by atoms with van der Waals surface area (Å²) in [6, 6.07) is 9.06. The van der Waals surface area contributed by atoms with Gasteiger partial charge < -0.3 is 10.2 Å². The largest absolute Gasteiger partial charge is 0.325 e. The number of anilines is 1. The summed E-state index contributed by atoms with van der Waals surface area (Å²) in [4.78, 5) is 13.4. The van der Waals surface area contributed by atoms with Crippen molar-refractivity contribution in [2.45, 2.75) is 11.1 Å². The molecule has 3 rings (SSSR count). The Morgan fingerprint density at radius 1 is 1.31 bits per heavy atom. The highest BCUT2D eigenvalue weighted by Crippen LogP contribution is 2.21. The maximum Gasteiger partial charge on any atom is 0.279 e. The number of rotatable bonds is 5. The van der Waals surface area contributed by atoms with Gasteiger partial charge in [-0.05, 0) is 42.1 Å². The standard InChI is InChI=1S/C17H20BrN3O3S2/c1-13-11-14(4-5-15(13)18)19-16(22)12-20-6-8-21(9-7-20)26(23,24)17-3-2-10-25-17/h2-5,10-11H,6-9,12H2,1H3,(H,19,22)/p+1. The number of piperazine rings is 1. The molecule has 1 saturated heterocycles. The molecule has 1 aliphatic rings. The third-order valence-corrected chi connectivity index (χ3v) is 8.53. The lowest BCUT2D eigenvalue weighted by Gasteiger charge is -2.30. The fourth-order valence-electron chi connectivity index (χ4n) is 2.91. The van der Waals surface area contributed by atoms with Gasteiger partial charge in [0.2, 0.25) is 0 Å². The molecule has 1 aromatic carbocycles. The number of thiophene rings is 1. The first kappa shape index (κ1) is 19.5. The first-order valence-electron chi connectivity index (χ1n) is 8.29. The fourth-order valence-corrected chi connectivity index (χ4v) is 5.74. The molecule has 0 bridgehead atoms. The van der Waals surface area contributed by atoms with Crippen molar-refractivity contribution in [3.05, 3.63) is 45.7 Å². The predicted octanol–water partition coefficient (Wildman–Crippen LogP) is 1.35. The molecule has 0 radical (unpaired) electrons. The van der Waals surface area contributed by atoms with Crippen LogP contribution in [-0.4, -0.2) is 51.4 Å². The van der Waals surface area contributed by atoms with E-state index in [0.29, 0.717) is 36.9 Å². The van der Waals surface area contributed by atoms with Gasteiger partial charge in [0.15, 0.2) is 6.54 Å². The Labute approximate surface area is 166 Å². The Bertz CT molecular complexity index is 877. The van der Waals surface area contributed by atoms with Crippen LogP contribution in [0.15, 0.2) is 44.4 Å². The second kappa shape index (κ2) is 8.18. The Kier molecular flexibility index (Phi) is 6.13. The quantitative estimate of drug-likeness (QED) is 0.710. The van der Waals surface area contributed by atoms with E-state index in [1.807, 2.05) is 25.1 Å². The predicted molar refractivity (Wildman–Crippen MR) is 106 cm³/mol. The molecule has 1 fully saturated rings. The average Bonchev–Trinajstić information content (AvgIpc) is 3.14. The van der Waals surface area contributed by atoms with Gasteiger partial charge in [0.1, 0.15) is 4.21 Å². The van der Waals surface area contributed by atoms with Crippen LogP contribution in [-0.2, 0) is 14.8 Å². The first-order valence-corrected chi connectivity index (χ1v) is 11.4. The molecule has 2 N–H and O–H groups in total. The molecule has 0 aliphatic carbocycles. The molecular formula is C17H21BrN3O3S2+. The van der Waals surface area contributed by atoms with E-state index < -0.39 is 10.0 Å². The van der Waals surface area contributed by atoms with E-state index in [-0.39, 0.29) is 5.91 Å². The van der Waals surface area contributed by atoms with E-state index >= 15 is 0 Å². The van der Waals surface area contributed by atoms with E-state index in [9.17, 15) is 13.2 Å². The van der Waals surface area contributed by atoms with Gasteiger partial charge in [-0.2, -0.15) is 4.31 Å². The maximum atomic E-state index is 12.5. The topological polar surface area (TPSA) is 70.9 Å². The normalized spacial score (nSPS) is 16.5. The van der Waals surface area contributed by atoms with Gasteiger partial charge in [0.25, 0.3) is 15.9 Å². The zero-order valence-electron chi connectivity index (χ0n) is 14.4. The Balaban J connectivity index is 1.52. The molecule has 6 nitrogen and oxygen atoms in total. The molecule has 0 unspecified atom stereocenters. The van der Waals surface area contributed by atoms with E-state index in [1.165, 1.54) is 15.6 Å². The highest BCUT2D eigenvalue weighted by atomic mass is 79.9. The molecule has 140 valence electrons. The molecule has 0 saturated carbocycles. The number of nitrogens with zero attached hydrogens (tertiary/aromatic N) is 1. The summed E-state index contributed by atoms with van der Waals surface area (Å²) in [6.07, 6.45) is 0. The molecule has 1 aliphatic heterocycles. The van der Waals surface area contributed by atoms with Crippen LogP contribution in [0.25, 0.3) is 0 Å². The lowest BCUT2D eigenvalue weighted by molar-refractivity contribution is -0.895. The minimum atomic E-state index is -3.39. The number of carbonyl (C=O) groups excluding carboxylic acids is 1. The Morgan fingerprint density at radius 3 is 2.65 bits per heavy atom. The van der Waals surface area contributed by atoms with Gasteiger partial charge in [0, 0.05) is 10.2 Å². The number of benzene rings is 1. The summed E-state index contributed by atoms with van der Waals surface area (Å²) in [5.41, 5.74) is 1.83. The van der Waals surface area contributed by atoms with Gasteiger partial charge in [-0.3, -0.25) is 4.79 Å².